The van der Waals surface area contributed by atoms with Crippen molar-refractivity contribution in [3.63, 3.8) is 0 Å². The molecular weight excluding hydrogens is 360 g/mol. The van der Waals surface area contributed by atoms with Crippen molar-refractivity contribution in [1.29, 1.82) is 0 Å². The Balaban J connectivity index is 1.95. The Morgan fingerprint density at radius 1 is 0.533 bits per heavy atom. The largest absolute Gasteiger partial charge is 0.0622 e. The van der Waals surface area contributed by atoms with Gasteiger partial charge in [0.25, 0.3) is 0 Å². The Labute approximate surface area is 181 Å². The van der Waals surface area contributed by atoms with Crippen LogP contribution >= 0.6 is 0 Å². The first-order valence-corrected chi connectivity index (χ1v) is 10.6. The summed E-state index contributed by atoms with van der Waals surface area (Å²) >= 11 is 0. The highest BCUT2D eigenvalue weighted by Crippen LogP contribution is 2.42. The van der Waals surface area contributed by atoms with Gasteiger partial charge in [0, 0.05) is 10.8 Å². The molecule has 0 aliphatic carbocycles. The van der Waals surface area contributed by atoms with Gasteiger partial charge in [0.05, 0.1) is 0 Å². The van der Waals surface area contributed by atoms with Crippen LogP contribution in [0.15, 0.2) is 97.1 Å². The minimum Gasteiger partial charge on any atom is -0.0622 e. The average molecular weight is 389 g/mol. The number of benzene rings is 4. The van der Waals surface area contributed by atoms with Crippen LogP contribution in [0.3, 0.4) is 0 Å². The zero-order valence-electron chi connectivity index (χ0n) is 18.2. The molecule has 0 amide bonds. The van der Waals surface area contributed by atoms with Gasteiger partial charge in [0.2, 0.25) is 0 Å². The van der Waals surface area contributed by atoms with Gasteiger partial charge in [-0.3, -0.25) is 0 Å². The van der Waals surface area contributed by atoms with E-state index in [4.69, 9.17) is 0 Å². The first-order chi connectivity index (χ1) is 14.4. The summed E-state index contributed by atoms with van der Waals surface area (Å²) in [5, 5.41) is 0. The lowest BCUT2D eigenvalue weighted by molar-refractivity contribution is 0.578. The summed E-state index contributed by atoms with van der Waals surface area (Å²) in [7, 11) is 0. The van der Waals surface area contributed by atoms with E-state index in [1.807, 2.05) is 12.1 Å². The monoisotopic (exact) mass is 388 g/mol. The Bertz CT molecular complexity index is 1100. The number of hydrogen-bond donors (Lipinski definition) is 0. The van der Waals surface area contributed by atoms with E-state index in [1.165, 1.54) is 22.3 Å². The Hall–Kier alpha value is -3.12. The Kier molecular flexibility index (Phi) is 5.35. The molecule has 4 rings (SSSR count). The summed E-state index contributed by atoms with van der Waals surface area (Å²) in [4.78, 5) is 0. The second kappa shape index (κ2) is 7.95. The fourth-order valence-electron chi connectivity index (χ4n) is 4.23. The molecule has 148 valence electrons. The molecular formula is C30H28. The molecule has 0 heterocycles. The van der Waals surface area contributed by atoms with Crippen molar-refractivity contribution in [2.45, 2.75) is 38.5 Å². The Morgan fingerprint density at radius 2 is 1.10 bits per heavy atom. The van der Waals surface area contributed by atoms with Crippen molar-refractivity contribution in [3.05, 3.63) is 131 Å². The molecule has 0 fully saturated rings. The third-order valence-electron chi connectivity index (χ3n) is 6.23. The summed E-state index contributed by atoms with van der Waals surface area (Å²) in [6, 6.07) is 41.3. The van der Waals surface area contributed by atoms with Crippen molar-refractivity contribution < 1.29 is 0 Å². The SMILES string of the molecule is CC(C)(c1ccccc1)c1[c]c(-c2[c]cccc2)ccc1C(C)(C)c1ccccc1. The quantitative estimate of drug-likeness (QED) is 0.330. The summed E-state index contributed by atoms with van der Waals surface area (Å²) in [6.07, 6.45) is 0. The summed E-state index contributed by atoms with van der Waals surface area (Å²) in [5.41, 5.74) is 6.97. The first kappa shape index (κ1) is 20.2. The van der Waals surface area contributed by atoms with Crippen molar-refractivity contribution >= 4 is 0 Å². The Morgan fingerprint density at radius 3 is 1.67 bits per heavy atom. The van der Waals surface area contributed by atoms with Crippen LogP contribution in [0.5, 0.6) is 0 Å². The molecule has 0 aliphatic heterocycles. The van der Waals surface area contributed by atoms with Crippen LogP contribution in [-0.2, 0) is 10.8 Å². The lowest BCUT2D eigenvalue weighted by Crippen LogP contribution is -2.28. The molecule has 30 heavy (non-hydrogen) atoms. The summed E-state index contributed by atoms with van der Waals surface area (Å²) in [5.74, 6) is 0. The average Bonchev–Trinajstić information content (AvgIpc) is 2.80. The minimum atomic E-state index is -0.187. The van der Waals surface area contributed by atoms with Crippen LogP contribution in [0.4, 0.5) is 0 Å². The van der Waals surface area contributed by atoms with Crippen LogP contribution < -0.4 is 0 Å². The van der Waals surface area contributed by atoms with Gasteiger partial charge in [0.15, 0.2) is 0 Å². The van der Waals surface area contributed by atoms with Gasteiger partial charge in [-0.15, -0.1) is 0 Å². The van der Waals surface area contributed by atoms with Crippen molar-refractivity contribution in [1.82, 2.24) is 0 Å². The predicted molar refractivity (Wildman–Crippen MR) is 127 cm³/mol. The smallest absolute Gasteiger partial charge is 0.0155 e. The highest BCUT2D eigenvalue weighted by Gasteiger charge is 2.33. The molecule has 2 radical (unpaired) electrons. The van der Waals surface area contributed by atoms with E-state index < -0.39 is 0 Å². The first-order valence-electron chi connectivity index (χ1n) is 10.6. The van der Waals surface area contributed by atoms with Gasteiger partial charge in [-0.2, -0.15) is 0 Å². The zero-order chi connectivity index (χ0) is 21.2. The lowest BCUT2D eigenvalue weighted by atomic mass is 9.68. The third kappa shape index (κ3) is 3.71. The molecule has 0 bridgehead atoms. The molecule has 0 saturated carbocycles. The van der Waals surface area contributed by atoms with Crippen molar-refractivity contribution in [2.75, 3.05) is 0 Å². The summed E-state index contributed by atoms with van der Waals surface area (Å²) < 4.78 is 0. The van der Waals surface area contributed by atoms with Gasteiger partial charge >= 0.3 is 0 Å². The molecule has 0 aliphatic rings. The second-order valence-corrected chi connectivity index (χ2v) is 8.92. The van der Waals surface area contributed by atoms with Crippen LogP contribution in [0.25, 0.3) is 11.1 Å². The summed E-state index contributed by atoms with van der Waals surface area (Å²) in [6.45, 7) is 9.23. The predicted octanol–water partition coefficient (Wildman–Crippen LogP) is 7.61. The van der Waals surface area contributed by atoms with Gasteiger partial charge in [-0.05, 0) is 45.5 Å². The van der Waals surface area contributed by atoms with Crippen LogP contribution in [0, 0.1) is 12.1 Å². The van der Waals surface area contributed by atoms with Gasteiger partial charge in [-0.25, -0.2) is 0 Å². The molecule has 4 aromatic rings. The number of hydrogen-bond acceptors (Lipinski definition) is 0. The molecule has 0 spiro atoms. The highest BCUT2D eigenvalue weighted by molar-refractivity contribution is 5.66. The molecule has 0 saturated heterocycles. The number of rotatable bonds is 5. The highest BCUT2D eigenvalue weighted by atomic mass is 14.4. The maximum Gasteiger partial charge on any atom is 0.0155 e. The molecule has 4 aromatic carbocycles. The zero-order valence-corrected chi connectivity index (χ0v) is 18.2. The van der Waals surface area contributed by atoms with E-state index in [0.717, 1.165) is 11.1 Å². The van der Waals surface area contributed by atoms with Gasteiger partial charge in [0.1, 0.15) is 0 Å². The van der Waals surface area contributed by atoms with Crippen LogP contribution in [-0.4, -0.2) is 0 Å². The maximum atomic E-state index is 3.81. The van der Waals surface area contributed by atoms with E-state index in [-0.39, 0.29) is 10.8 Å². The van der Waals surface area contributed by atoms with E-state index in [0.29, 0.717) is 0 Å². The molecule has 0 heteroatoms. The van der Waals surface area contributed by atoms with Gasteiger partial charge < -0.3 is 0 Å². The molecule has 0 aromatic heterocycles. The van der Waals surface area contributed by atoms with Crippen molar-refractivity contribution in [2.24, 2.45) is 0 Å². The minimum absolute atomic E-state index is 0.141. The van der Waals surface area contributed by atoms with Crippen LogP contribution in [0.1, 0.15) is 49.9 Å². The fourth-order valence-corrected chi connectivity index (χ4v) is 4.23. The fraction of sp³-hybridized carbons (Fsp3) is 0.200. The molecule has 0 unspecified atom stereocenters. The van der Waals surface area contributed by atoms with E-state index in [1.54, 1.807) is 0 Å². The molecule has 0 atom stereocenters. The van der Waals surface area contributed by atoms with E-state index in [2.05, 4.69) is 125 Å². The third-order valence-corrected chi connectivity index (χ3v) is 6.23. The standard InChI is InChI=1S/C30H28/c1-29(2,25-16-10-6-11-17-25)27-21-20-24(23-14-8-5-9-15-23)22-28(27)30(3,4)26-18-12-7-13-19-26/h5-14,16-21H,1-4H3. The maximum absolute atomic E-state index is 3.81. The second-order valence-electron chi connectivity index (χ2n) is 8.92. The van der Waals surface area contributed by atoms with Gasteiger partial charge in [-0.1, -0.05) is 125 Å². The normalized spacial score (nSPS) is 12.0. The molecule has 0 nitrogen and oxygen atoms in total. The van der Waals surface area contributed by atoms with Crippen molar-refractivity contribution in [3.8, 4) is 11.1 Å². The van der Waals surface area contributed by atoms with E-state index >= 15 is 0 Å². The van der Waals surface area contributed by atoms with E-state index in [9.17, 15) is 0 Å². The topological polar surface area (TPSA) is 0 Å². The molecule has 0 N–H and O–H groups in total. The van der Waals surface area contributed by atoms with Crippen LogP contribution in [0.2, 0.25) is 0 Å². The lowest BCUT2D eigenvalue weighted by Gasteiger charge is -2.35.